The van der Waals surface area contributed by atoms with Crippen molar-refractivity contribution in [1.82, 2.24) is 15.0 Å². The number of benzene rings is 2. The highest BCUT2D eigenvalue weighted by molar-refractivity contribution is 9.10. The lowest BCUT2D eigenvalue weighted by molar-refractivity contribution is -0.130. The zero-order chi connectivity index (χ0) is 19.0. The van der Waals surface area contributed by atoms with E-state index in [2.05, 4.69) is 26.1 Å². The van der Waals surface area contributed by atoms with Crippen molar-refractivity contribution in [3.05, 3.63) is 69.8 Å². The molecule has 1 amide bonds. The summed E-state index contributed by atoms with van der Waals surface area (Å²) in [4.78, 5) is 18.7. The number of likely N-dealkylation sites (tertiary alicyclic amines) is 1. The average molecular weight is 430 g/mol. The Bertz CT molecular complexity index is 1000. The second-order valence-corrected chi connectivity index (χ2v) is 7.44. The average Bonchev–Trinajstić information content (AvgIpc) is 3.27. The van der Waals surface area contributed by atoms with Gasteiger partial charge in [-0.25, -0.2) is 4.39 Å². The monoisotopic (exact) mass is 429 g/mol. The van der Waals surface area contributed by atoms with E-state index in [4.69, 9.17) is 4.52 Å². The Balaban J connectivity index is 1.60. The molecule has 1 aliphatic rings. The quantitative estimate of drug-likeness (QED) is 0.596. The molecule has 5 nitrogen and oxygen atoms in total. The smallest absolute Gasteiger partial charge is 0.249 e. The van der Waals surface area contributed by atoms with Crippen LogP contribution in [0.1, 0.15) is 35.9 Å². The maximum Gasteiger partial charge on any atom is 0.249 e. The van der Waals surface area contributed by atoms with Crippen LogP contribution in [0.3, 0.4) is 0 Å². The van der Waals surface area contributed by atoms with Crippen molar-refractivity contribution in [3.63, 3.8) is 0 Å². The van der Waals surface area contributed by atoms with E-state index in [0.717, 1.165) is 11.1 Å². The summed E-state index contributed by atoms with van der Waals surface area (Å²) in [5, 5.41) is 4.02. The first-order valence-electron chi connectivity index (χ1n) is 8.66. The van der Waals surface area contributed by atoms with Crippen LogP contribution in [0, 0.1) is 12.7 Å². The highest BCUT2D eigenvalue weighted by Gasteiger charge is 2.36. The number of hydrogen-bond acceptors (Lipinski definition) is 4. The third-order valence-corrected chi connectivity index (χ3v) is 5.44. The Morgan fingerprint density at radius 1 is 1.30 bits per heavy atom. The topological polar surface area (TPSA) is 59.2 Å². The molecule has 0 aliphatic carbocycles. The van der Waals surface area contributed by atoms with Crippen LogP contribution in [0.25, 0.3) is 11.4 Å². The van der Waals surface area contributed by atoms with Crippen LogP contribution in [0.15, 0.2) is 51.5 Å². The Labute approximate surface area is 164 Å². The lowest BCUT2D eigenvalue weighted by atomic mass is 10.1. The van der Waals surface area contributed by atoms with E-state index in [1.165, 1.54) is 6.07 Å². The van der Waals surface area contributed by atoms with Gasteiger partial charge in [-0.2, -0.15) is 4.98 Å². The summed E-state index contributed by atoms with van der Waals surface area (Å²) in [6, 6.07) is 12.3. The van der Waals surface area contributed by atoms with Crippen LogP contribution in [-0.4, -0.2) is 20.9 Å². The van der Waals surface area contributed by atoms with Gasteiger partial charge in [0.15, 0.2) is 0 Å². The normalized spacial score (nSPS) is 16.9. The number of aryl methyl sites for hydroxylation is 1. The maximum absolute atomic E-state index is 13.4. The van der Waals surface area contributed by atoms with Crippen LogP contribution >= 0.6 is 15.9 Å². The molecule has 3 aromatic rings. The highest BCUT2D eigenvalue weighted by Crippen LogP contribution is 2.34. The second-order valence-electron chi connectivity index (χ2n) is 6.59. The number of nitrogens with zero attached hydrogens (tertiary/aromatic N) is 3. The van der Waals surface area contributed by atoms with E-state index in [-0.39, 0.29) is 17.8 Å². The fourth-order valence-electron chi connectivity index (χ4n) is 3.28. The van der Waals surface area contributed by atoms with Gasteiger partial charge in [0.05, 0.1) is 4.47 Å². The molecular formula is C20H17BrFN3O2. The molecule has 1 aromatic heterocycles. The van der Waals surface area contributed by atoms with Crippen LogP contribution in [-0.2, 0) is 11.3 Å². The second kappa shape index (κ2) is 7.23. The highest BCUT2D eigenvalue weighted by atomic mass is 79.9. The predicted octanol–water partition coefficient (Wildman–Crippen LogP) is 4.81. The van der Waals surface area contributed by atoms with Crippen molar-refractivity contribution >= 4 is 21.8 Å². The van der Waals surface area contributed by atoms with Crippen molar-refractivity contribution in [2.45, 2.75) is 32.4 Å². The number of carbonyl (C=O) groups is 1. The van der Waals surface area contributed by atoms with Crippen molar-refractivity contribution < 1.29 is 13.7 Å². The first-order chi connectivity index (χ1) is 13.0. The predicted molar refractivity (Wildman–Crippen MR) is 101 cm³/mol. The number of hydrogen-bond donors (Lipinski definition) is 0. The molecular weight excluding hydrogens is 413 g/mol. The molecule has 1 atom stereocenters. The molecule has 138 valence electrons. The van der Waals surface area contributed by atoms with E-state index in [0.29, 0.717) is 41.1 Å². The summed E-state index contributed by atoms with van der Waals surface area (Å²) in [7, 11) is 0. The molecule has 0 spiro atoms. The molecule has 27 heavy (non-hydrogen) atoms. The van der Waals surface area contributed by atoms with E-state index in [1.54, 1.807) is 17.0 Å². The number of rotatable bonds is 4. The van der Waals surface area contributed by atoms with Crippen LogP contribution in [0.2, 0.25) is 0 Å². The van der Waals surface area contributed by atoms with Crippen molar-refractivity contribution in [2.24, 2.45) is 0 Å². The van der Waals surface area contributed by atoms with Gasteiger partial charge in [0.25, 0.3) is 0 Å². The summed E-state index contributed by atoms with van der Waals surface area (Å²) in [5.41, 5.74) is 2.88. The van der Waals surface area contributed by atoms with Crippen molar-refractivity contribution in [2.75, 3.05) is 0 Å². The Hall–Kier alpha value is -2.54. The maximum atomic E-state index is 13.4. The minimum absolute atomic E-state index is 0.0764. The van der Waals surface area contributed by atoms with E-state index >= 15 is 0 Å². The van der Waals surface area contributed by atoms with Crippen molar-refractivity contribution in [1.29, 1.82) is 0 Å². The number of aromatic nitrogens is 2. The molecule has 0 saturated carbocycles. The molecule has 0 N–H and O–H groups in total. The third kappa shape index (κ3) is 3.51. The molecule has 4 rings (SSSR count). The molecule has 2 heterocycles. The lowest BCUT2D eigenvalue weighted by Crippen LogP contribution is -2.27. The molecule has 1 aliphatic heterocycles. The molecule has 2 aromatic carbocycles. The summed E-state index contributed by atoms with van der Waals surface area (Å²) in [5.74, 6) is 0.506. The SMILES string of the molecule is Cc1ccccc1CN1C(=O)CCC1c1nc(-c2ccc(F)c(Br)c2)no1. The number of amides is 1. The zero-order valence-corrected chi connectivity index (χ0v) is 16.2. The van der Waals surface area contributed by atoms with Gasteiger partial charge < -0.3 is 9.42 Å². The van der Waals surface area contributed by atoms with Gasteiger partial charge >= 0.3 is 0 Å². The van der Waals surface area contributed by atoms with Gasteiger partial charge in [0.1, 0.15) is 11.9 Å². The minimum atomic E-state index is -0.353. The summed E-state index contributed by atoms with van der Waals surface area (Å²) < 4.78 is 19.2. The number of halogens is 2. The third-order valence-electron chi connectivity index (χ3n) is 4.83. The fraction of sp³-hybridized carbons (Fsp3) is 0.250. The van der Waals surface area contributed by atoms with Gasteiger partial charge in [-0.3, -0.25) is 4.79 Å². The van der Waals surface area contributed by atoms with E-state index < -0.39 is 0 Å². The van der Waals surface area contributed by atoms with Gasteiger partial charge in [-0.05, 0) is 58.6 Å². The van der Waals surface area contributed by atoms with E-state index in [1.807, 2.05) is 31.2 Å². The molecule has 0 radical (unpaired) electrons. The number of carbonyl (C=O) groups excluding carboxylic acids is 1. The zero-order valence-electron chi connectivity index (χ0n) is 14.7. The molecule has 1 fully saturated rings. The largest absolute Gasteiger partial charge is 0.337 e. The van der Waals surface area contributed by atoms with Crippen LogP contribution in [0.4, 0.5) is 4.39 Å². The van der Waals surface area contributed by atoms with Gasteiger partial charge in [-0.1, -0.05) is 29.4 Å². The first-order valence-corrected chi connectivity index (χ1v) is 9.45. The molecule has 7 heteroatoms. The lowest BCUT2D eigenvalue weighted by Gasteiger charge is -2.23. The van der Waals surface area contributed by atoms with Crippen molar-refractivity contribution in [3.8, 4) is 11.4 Å². The summed E-state index contributed by atoms with van der Waals surface area (Å²) >= 11 is 3.16. The van der Waals surface area contributed by atoms with E-state index in [9.17, 15) is 9.18 Å². The van der Waals surface area contributed by atoms with Gasteiger partial charge in [0, 0.05) is 18.5 Å². The fourth-order valence-corrected chi connectivity index (χ4v) is 3.66. The Morgan fingerprint density at radius 3 is 2.89 bits per heavy atom. The first kappa shape index (κ1) is 17.9. The van der Waals surface area contributed by atoms with Crippen LogP contribution < -0.4 is 0 Å². The molecule has 1 saturated heterocycles. The molecule has 1 unspecified atom stereocenters. The van der Waals surface area contributed by atoms with Gasteiger partial charge in [-0.15, -0.1) is 0 Å². The molecule has 0 bridgehead atoms. The Kier molecular flexibility index (Phi) is 4.78. The summed E-state index contributed by atoms with van der Waals surface area (Å²) in [6.45, 7) is 2.54. The minimum Gasteiger partial charge on any atom is -0.337 e. The van der Waals surface area contributed by atoms with Gasteiger partial charge in [0.2, 0.25) is 17.6 Å². The summed E-state index contributed by atoms with van der Waals surface area (Å²) in [6.07, 6.45) is 1.09. The van der Waals surface area contributed by atoms with Crippen LogP contribution in [0.5, 0.6) is 0 Å². The Morgan fingerprint density at radius 2 is 2.11 bits per heavy atom. The standard InChI is InChI=1S/C20H17BrFN3O2/c1-12-4-2-3-5-14(12)11-25-17(8-9-18(25)26)20-23-19(24-27-20)13-6-7-16(22)15(21)10-13/h2-7,10,17H,8-9,11H2,1H3.